The summed E-state index contributed by atoms with van der Waals surface area (Å²) in [5.41, 5.74) is 8.97. The fourth-order valence-electron chi connectivity index (χ4n) is 2.34. The van der Waals surface area contributed by atoms with Crippen LogP contribution in [-0.4, -0.2) is 18.4 Å². The van der Waals surface area contributed by atoms with Crippen molar-refractivity contribution in [3.05, 3.63) is 64.7 Å². The van der Waals surface area contributed by atoms with Gasteiger partial charge in [-0.15, -0.1) is 0 Å². The SMILES string of the molecule is Cc1ccc([C@@H](C)NC(=O)COc2ccccc2C(N)=O)cc1C. The van der Waals surface area contributed by atoms with Gasteiger partial charge >= 0.3 is 0 Å². The van der Waals surface area contributed by atoms with Crippen molar-refractivity contribution >= 4 is 11.8 Å². The Labute approximate surface area is 141 Å². The predicted octanol–water partition coefficient (Wildman–Crippen LogP) is 2.66. The van der Waals surface area contributed by atoms with Gasteiger partial charge in [-0.25, -0.2) is 0 Å². The van der Waals surface area contributed by atoms with Crippen LogP contribution >= 0.6 is 0 Å². The topological polar surface area (TPSA) is 81.4 Å². The van der Waals surface area contributed by atoms with Gasteiger partial charge in [-0.2, -0.15) is 0 Å². The highest BCUT2D eigenvalue weighted by molar-refractivity contribution is 5.95. The highest BCUT2D eigenvalue weighted by Gasteiger charge is 2.13. The normalized spacial score (nSPS) is 11.6. The van der Waals surface area contributed by atoms with E-state index in [1.165, 1.54) is 11.1 Å². The Bertz CT molecular complexity index is 756. The molecule has 0 aliphatic heterocycles. The van der Waals surface area contributed by atoms with E-state index in [1.807, 2.05) is 32.9 Å². The van der Waals surface area contributed by atoms with Crippen molar-refractivity contribution in [2.45, 2.75) is 26.8 Å². The Morgan fingerprint density at radius 2 is 1.83 bits per heavy atom. The number of hydrogen-bond acceptors (Lipinski definition) is 3. The van der Waals surface area contributed by atoms with Gasteiger partial charge in [0.2, 0.25) is 0 Å². The smallest absolute Gasteiger partial charge is 0.258 e. The summed E-state index contributed by atoms with van der Waals surface area (Å²) in [6.07, 6.45) is 0. The summed E-state index contributed by atoms with van der Waals surface area (Å²) in [7, 11) is 0. The highest BCUT2D eigenvalue weighted by Crippen LogP contribution is 2.18. The fraction of sp³-hybridized carbons (Fsp3) is 0.263. The molecule has 2 rings (SSSR count). The van der Waals surface area contributed by atoms with E-state index in [0.717, 1.165) is 5.56 Å². The fourth-order valence-corrected chi connectivity index (χ4v) is 2.34. The van der Waals surface area contributed by atoms with Crippen molar-refractivity contribution < 1.29 is 14.3 Å². The molecule has 1 atom stereocenters. The lowest BCUT2D eigenvalue weighted by atomic mass is 10.0. The highest BCUT2D eigenvalue weighted by atomic mass is 16.5. The maximum absolute atomic E-state index is 12.1. The minimum Gasteiger partial charge on any atom is -0.483 e. The lowest BCUT2D eigenvalue weighted by Gasteiger charge is -2.16. The van der Waals surface area contributed by atoms with Crippen molar-refractivity contribution in [2.24, 2.45) is 5.73 Å². The third kappa shape index (κ3) is 4.35. The van der Waals surface area contributed by atoms with Gasteiger partial charge in [0.15, 0.2) is 6.61 Å². The number of carbonyl (C=O) groups is 2. The van der Waals surface area contributed by atoms with Crippen LogP contribution in [-0.2, 0) is 4.79 Å². The Hall–Kier alpha value is -2.82. The van der Waals surface area contributed by atoms with E-state index in [4.69, 9.17) is 10.5 Å². The molecule has 0 aliphatic rings. The molecule has 0 aromatic heterocycles. The van der Waals surface area contributed by atoms with Gasteiger partial charge in [-0.3, -0.25) is 9.59 Å². The first-order valence-electron chi connectivity index (χ1n) is 7.76. The van der Waals surface area contributed by atoms with Crippen LogP contribution in [0.4, 0.5) is 0 Å². The molecular formula is C19H22N2O3. The second-order valence-corrected chi connectivity index (χ2v) is 5.78. The number of benzene rings is 2. The summed E-state index contributed by atoms with van der Waals surface area (Å²) in [4.78, 5) is 23.4. The van der Waals surface area contributed by atoms with Crippen molar-refractivity contribution in [2.75, 3.05) is 6.61 Å². The first-order chi connectivity index (χ1) is 11.4. The maximum atomic E-state index is 12.1. The Kier molecular flexibility index (Phi) is 5.58. The quantitative estimate of drug-likeness (QED) is 0.856. The van der Waals surface area contributed by atoms with E-state index in [-0.39, 0.29) is 24.1 Å². The number of rotatable bonds is 6. The van der Waals surface area contributed by atoms with E-state index in [2.05, 4.69) is 11.4 Å². The number of nitrogens with two attached hydrogens (primary N) is 1. The standard InChI is InChI=1S/C19H22N2O3/c1-12-8-9-15(10-13(12)2)14(3)21-18(22)11-24-17-7-5-4-6-16(17)19(20)23/h4-10,14H,11H2,1-3H3,(H2,20,23)(H,21,22)/t14-/m1/s1. The van der Waals surface area contributed by atoms with Gasteiger partial charge in [0.1, 0.15) is 5.75 Å². The van der Waals surface area contributed by atoms with Gasteiger partial charge in [0.05, 0.1) is 11.6 Å². The van der Waals surface area contributed by atoms with E-state index in [9.17, 15) is 9.59 Å². The molecule has 5 nitrogen and oxygen atoms in total. The molecule has 5 heteroatoms. The zero-order chi connectivity index (χ0) is 17.7. The van der Waals surface area contributed by atoms with Gasteiger partial charge in [0.25, 0.3) is 11.8 Å². The largest absolute Gasteiger partial charge is 0.483 e. The molecule has 0 unspecified atom stereocenters. The van der Waals surface area contributed by atoms with Gasteiger partial charge in [0, 0.05) is 0 Å². The number of aryl methyl sites for hydroxylation is 2. The van der Waals surface area contributed by atoms with Gasteiger partial charge in [-0.1, -0.05) is 30.3 Å². The molecule has 126 valence electrons. The number of carbonyl (C=O) groups excluding carboxylic acids is 2. The molecule has 0 saturated heterocycles. The molecule has 2 aromatic rings. The average Bonchev–Trinajstić information content (AvgIpc) is 2.55. The van der Waals surface area contributed by atoms with Gasteiger partial charge in [-0.05, 0) is 49.6 Å². The van der Waals surface area contributed by atoms with Crippen molar-refractivity contribution in [1.29, 1.82) is 0 Å². The maximum Gasteiger partial charge on any atom is 0.258 e. The molecule has 2 aromatic carbocycles. The lowest BCUT2D eigenvalue weighted by molar-refractivity contribution is -0.123. The second-order valence-electron chi connectivity index (χ2n) is 5.78. The van der Waals surface area contributed by atoms with E-state index in [1.54, 1.807) is 24.3 Å². The molecule has 0 bridgehead atoms. The summed E-state index contributed by atoms with van der Waals surface area (Å²) in [5.74, 6) is -0.548. The molecular weight excluding hydrogens is 304 g/mol. The van der Waals surface area contributed by atoms with Crippen LogP contribution in [0.1, 0.15) is 40.0 Å². The van der Waals surface area contributed by atoms with Crippen LogP contribution in [0.3, 0.4) is 0 Å². The summed E-state index contributed by atoms with van der Waals surface area (Å²) in [6, 6.07) is 12.5. The van der Waals surface area contributed by atoms with Crippen LogP contribution < -0.4 is 15.8 Å². The minimum atomic E-state index is -0.588. The molecule has 2 amide bonds. The third-order valence-corrected chi connectivity index (χ3v) is 3.92. The molecule has 0 spiro atoms. The van der Waals surface area contributed by atoms with E-state index < -0.39 is 5.91 Å². The second kappa shape index (κ2) is 7.64. The zero-order valence-corrected chi connectivity index (χ0v) is 14.1. The monoisotopic (exact) mass is 326 g/mol. The van der Waals surface area contributed by atoms with Gasteiger partial charge < -0.3 is 15.8 Å². The van der Waals surface area contributed by atoms with E-state index in [0.29, 0.717) is 5.75 Å². The zero-order valence-electron chi connectivity index (χ0n) is 14.1. The summed E-state index contributed by atoms with van der Waals surface area (Å²) < 4.78 is 5.43. The van der Waals surface area contributed by atoms with Crippen LogP contribution in [0.15, 0.2) is 42.5 Å². The molecule has 0 saturated carbocycles. The van der Waals surface area contributed by atoms with Crippen LogP contribution in [0.2, 0.25) is 0 Å². The summed E-state index contributed by atoms with van der Waals surface area (Å²) in [5, 5.41) is 2.88. The van der Waals surface area contributed by atoms with Crippen molar-refractivity contribution in [3.8, 4) is 5.75 Å². The average molecular weight is 326 g/mol. The van der Waals surface area contributed by atoms with Crippen LogP contribution in [0, 0.1) is 13.8 Å². The molecule has 0 fully saturated rings. The van der Waals surface area contributed by atoms with E-state index >= 15 is 0 Å². The number of amides is 2. The molecule has 3 N–H and O–H groups in total. The summed E-state index contributed by atoms with van der Waals surface area (Å²) >= 11 is 0. The van der Waals surface area contributed by atoms with Crippen molar-refractivity contribution in [3.63, 3.8) is 0 Å². The predicted molar refractivity (Wildman–Crippen MR) is 92.9 cm³/mol. The minimum absolute atomic E-state index is 0.133. The lowest BCUT2D eigenvalue weighted by Crippen LogP contribution is -2.31. The third-order valence-electron chi connectivity index (χ3n) is 3.92. The Morgan fingerprint density at radius 3 is 2.50 bits per heavy atom. The Morgan fingerprint density at radius 1 is 1.12 bits per heavy atom. The number of hydrogen-bond donors (Lipinski definition) is 2. The molecule has 0 aliphatic carbocycles. The van der Waals surface area contributed by atoms with Crippen LogP contribution in [0.5, 0.6) is 5.75 Å². The molecule has 0 heterocycles. The number of ether oxygens (including phenoxy) is 1. The number of para-hydroxylation sites is 1. The van der Waals surface area contributed by atoms with Crippen LogP contribution in [0.25, 0.3) is 0 Å². The first kappa shape index (κ1) is 17.5. The summed E-state index contributed by atoms with van der Waals surface area (Å²) in [6.45, 7) is 5.82. The molecule has 0 radical (unpaired) electrons. The Balaban J connectivity index is 1.96. The first-order valence-corrected chi connectivity index (χ1v) is 7.76. The number of primary amides is 1. The number of nitrogens with one attached hydrogen (secondary N) is 1. The molecule has 24 heavy (non-hydrogen) atoms. The van der Waals surface area contributed by atoms with Crippen molar-refractivity contribution in [1.82, 2.24) is 5.32 Å².